The molecule has 3 nitrogen and oxygen atoms in total. The second-order valence-corrected chi connectivity index (χ2v) is 4.59. The summed E-state index contributed by atoms with van der Waals surface area (Å²) in [7, 11) is 1.58. The fourth-order valence-corrected chi connectivity index (χ4v) is 1.85. The number of pyridine rings is 1. The Balaban J connectivity index is 2.35. The molecule has 6 heteroatoms. The monoisotopic (exact) mass is 295 g/mol. The number of rotatable bonds is 5. The molecule has 0 amide bonds. The van der Waals surface area contributed by atoms with Crippen LogP contribution in [0.25, 0.3) is 0 Å². The fraction of sp³-hybridized carbons (Fsp3) is 0.267. The van der Waals surface area contributed by atoms with E-state index in [0.29, 0.717) is 12.2 Å². The minimum Gasteiger partial charge on any atom is -0.368 e. The van der Waals surface area contributed by atoms with Gasteiger partial charge in [0.05, 0.1) is 0 Å². The summed E-state index contributed by atoms with van der Waals surface area (Å²) in [6.45, 7) is 2.47. The molecule has 0 fully saturated rings. The third-order valence-electron chi connectivity index (χ3n) is 2.99. The maximum Gasteiger partial charge on any atom is 0.171 e. The van der Waals surface area contributed by atoms with Crippen LogP contribution in [-0.4, -0.2) is 18.6 Å². The minimum atomic E-state index is -0.777. The Morgan fingerprint density at radius 2 is 1.76 bits per heavy atom. The van der Waals surface area contributed by atoms with Crippen LogP contribution in [0.5, 0.6) is 0 Å². The summed E-state index contributed by atoms with van der Waals surface area (Å²) < 4.78 is 40.5. The summed E-state index contributed by atoms with van der Waals surface area (Å²) in [4.78, 5) is 5.41. The van der Waals surface area contributed by atoms with E-state index in [9.17, 15) is 13.2 Å². The Labute approximate surface area is 121 Å². The predicted molar refractivity (Wildman–Crippen MR) is 77.4 cm³/mol. The summed E-state index contributed by atoms with van der Waals surface area (Å²) >= 11 is 0. The van der Waals surface area contributed by atoms with Gasteiger partial charge in [0.1, 0.15) is 5.82 Å². The van der Waals surface area contributed by atoms with Crippen molar-refractivity contribution in [3.63, 3.8) is 0 Å². The highest BCUT2D eigenvalue weighted by molar-refractivity contribution is 5.61. The number of anilines is 3. The van der Waals surface area contributed by atoms with Gasteiger partial charge in [-0.1, -0.05) is 6.92 Å². The first-order valence-corrected chi connectivity index (χ1v) is 6.62. The number of benzene rings is 1. The summed E-state index contributed by atoms with van der Waals surface area (Å²) in [5.41, 5.74) is 0.552. The van der Waals surface area contributed by atoms with Crippen LogP contribution in [0.2, 0.25) is 0 Å². The first-order valence-electron chi connectivity index (χ1n) is 6.62. The van der Waals surface area contributed by atoms with Crippen LogP contribution in [0, 0.1) is 17.5 Å². The van der Waals surface area contributed by atoms with E-state index < -0.39 is 11.6 Å². The quantitative estimate of drug-likeness (QED) is 0.900. The van der Waals surface area contributed by atoms with Crippen molar-refractivity contribution in [1.29, 1.82) is 0 Å². The predicted octanol–water partition coefficient (Wildman–Crippen LogP) is 4.09. The van der Waals surface area contributed by atoms with Gasteiger partial charge in [0.25, 0.3) is 0 Å². The van der Waals surface area contributed by atoms with Gasteiger partial charge < -0.3 is 10.2 Å². The molecule has 0 aliphatic heterocycles. The van der Waals surface area contributed by atoms with Gasteiger partial charge >= 0.3 is 0 Å². The van der Waals surface area contributed by atoms with Crippen molar-refractivity contribution >= 4 is 17.3 Å². The summed E-state index contributed by atoms with van der Waals surface area (Å²) in [6, 6.07) is 6.32. The molecule has 2 rings (SSSR count). The average molecular weight is 295 g/mol. The van der Waals surface area contributed by atoms with Crippen molar-refractivity contribution in [3.05, 3.63) is 47.8 Å². The highest BCUT2D eigenvalue weighted by Gasteiger charge is 2.16. The fourth-order valence-electron chi connectivity index (χ4n) is 1.85. The molecule has 112 valence electrons. The third kappa shape index (κ3) is 3.45. The number of hydrogen-bond acceptors (Lipinski definition) is 3. The highest BCUT2D eigenvalue weighted by Crippen LogP contribution is 2.27. The van der Waals surface area contributed by atoms with E-state index >= 15 is 0 Å². The lowest BCUT2D eigenvalue weighted by Crippen LogP contribution is -2.15. The van der Waals surface area contributed by atoms with E-state index in [1.807, 2.05) is 6.92 Å². The summed E-state index contributed by atoms with van der Waals surface area (Å²) in [6.07, 6.45) is 0.793. The van der Waals surface area contributed by atoms with Crippen LogP contribution >= 0.6 is 0 Å². The maximum absolute atomic E-state index is 13.9. The van der Waals surface area contributed by atoms with Gasteiger partial charge in [-0.25, -0.2) is 18.2 Å². The van der Waals surface area contributed by atoms with Crippen molar-refractivity contribution in [3.8, 4) is 0 Å². The van der Waals surface area contributed by atoms with Crippen LogP contribution in [0.15, 0.2) is 30.3 Å². The number of hydrogen-bond donors (Lipinski definition) is 1. The maximum atomic E-state index is 13.9. The molecule has 2 aromatic rings. The molecular formula is C15H16F3N3. The Morgan fingerprint density at radius 3 is 2.38 bits per heavy atom. The lowest BCUT2D eigenvalue weighted by Gasteiger charge is -2.20. The van der Waals surface area contributed by atoms with Gasteiger partial charge in [0.2, 0.25) is 0 Å². The normalized spacial score (nSPS) is 10.5. The van der Waals surface area contributed by atoms with Gasteiger partial charge in [-0.3, -0.25) is 0 Å². The molecule has 0 bridgehead atoms. The van der Waals surface area contributed by atoms with E-state index in [4.69, 9.17) is 0 Å². The van der Waals surface area contributed by atoms with Crippen LogP contribution in [0.1, 0.15) is 13.3 Å². The van der Waals surface area contributed by atoms with E-state index in [-0.39, 0.29) is 17.5 Å². The van der Waals surface area contributed by atoms with E-state index in [1.54, 1.807) is 7.05 Å². The summed E-state index contributed by atoms with van der Waals surface area (Å²) in [5, 5.41) is 2.81. The molecule has 0 aliphatic carbocycles. The Bertz CT molecular complexity index is 614. The Hall–Kier alpha value is -2.24. The van der Waals surface area contributed by atoms with Gasteiger partial charge in [0, 0.05) is 25.3 Å². The number of nitrogens with one attached hydrogen (secondary N) is 1. The van der Waals surface area contributed by atoms with E-state index in [1.165, 1.54) is 29.2 Å². The SMILES string of the molecule is CCCNc1nc(N(C)c2ccc(F)cc2)c(F)cc1F. The van der Waals surface area contributed by atoms with Crippen LogP contribution < -0.4 is 10.2 Å². The molecule has 21 heavy (non-hydrogen) atoms. The molecule has 0 spiro atoms. The third-order valence-corrected chi connectivity index (χ3v) is 2.99. The number of halogens is 3. The molecule has 0 atom stereocenters. The highest BCUT2D eigenvalue weighted by atomic mass is 19.1. The van der Waals surface area contributed by atoms with Crippen molar-refractivity contribution in [2.45, 2.75) is 13.3 Å². The molecule has 0 saturated carbocycles. The molecule has 0 unspecified atom stereocenters. The summed E-state index contributed by atoms with van der Waals surface area (Å²) in [5.74, 6) is -1.92. The van der Waals surface area contributed by atoms with Gasteiger partial charge in [-0.15, -0.1) is 0 Å². The van der Waals surface area contributed by atoms with Crippen molar-refractivity contribution in [2.75, 3.05) is 23.8 Å². The first kappa shape index (κ1) is 15.2. The second kappa shape index (κ2) is 6.47. The van der Waals surface area contributed by atoms with Crippen LogP contribution in [-0.2, 0) is 0 Å². The number of aromatic nitrogens is 1. The van der Waals surface area contributed by atoms with Crippen molar-refractivity contribution < 1.29 is 13.2 Å². The smallest absolute Gasteiger partial charge is 0.171 e. The molecule has 0 radical (unpaired) electrons. The lowest BCUT2D eigenvalue weighted by molar-refractivity contribution is 0.576. The lowest BCUT2D eigenvalue weighted by atomic mass is 10.2. The average Bonchev–Trinajstić information content (AvgIpc) is 2.46. The Kier molecular flexibility index (Phi) is 4.67. The molecule has 0 aliphatic rings. The number of nitrogens with zero attached hydrogens (tertiary/aromatic N) is 2. The topological polar surface area (TPSA) is 28.2 Å². The largest absolute Gasteiger partial charge is 0.368 e. The standard InChI is InChI=1S/C15H16F3N3/c1-3-8-19-14-12(17)9-13(18)15(20-14)21(2)11-6-4-10(16)5-7-11/h4-7,9H,3,8H2,1-2H3,(H,19,20). The molecular weight excluding hydrogens is 279 g/mol. The van der Waals surface area contributed by atoms with Crippen LogP contribution in [0.3, 0.4) is 0 Å². The van der Waals surface area contributed by atoms with Crippen LogP contribution in [0.4, 0.5) is 30.5 Å². The second-order valence-electron chi connectivity index (χ2n) is 4.59. The molecule has 0 saturated heterocycles. The zero-order chi connectivity index (χ0) is 15.4. The van der Waals surface area contributed by atoms with Gasteiger partial charge in [0.15, 0.2) is 23.3 Å². The first-order chi connectivity index (χ1) is 10.0. The molecule has 1 aromatic carbocycles. The van der Waals surface area contributed by atoms with E-state index in [2.05, 4.69) is 10.3 Å². The molecule has 1 aromatic heterocycles. The zero-order valence-corrected chi connectivity index (χ0v) is 11.8. The van der Waals surface area contributed by atoms with Crippen molar-refractivity contribution in [1.82, 2.24) is 4.98 Å². The molecule has 1 N–H and O–H groups in total. The van der Waals surface area contributed by atoms with Crippen molar-refractivity contribution in [2.24, 2.45) is 0 Å². The van der Waals surface area contributed by atoms with E-state index in [0.717, 1.165) is 12.5 Å². The zero-order valence-electron chi connectivity index (χ0n) is 11.8. The van der Waals surface area contributed by atoms with Gasteiger partial charge in [-0.05, 0) is 30.7 Å². The van der Waals surface area contributed by atoms with Gasteiger partial charge in [-0.2, -0.15) is 0 Å². The Morgan fingerprint density at radius 1 is 1.10 bits per heavy atom. The minimum absolute atomic E-state index is 0.00205. The molecule has 1 heterocycles.